The van der Waals surface area contributed by atoms with E-state index < -0.39 is 0 Å². The SMILES string of the molecule is CC(C)NC(=O)c1cc(NC(=O)C2CCCCC2)ccc1N1CCc2ccccc2C1. The smallest absolute Gasteiger partial charge is 0.253 e. The van der Waals surface area contributed by atoms with Crippen LogP contribution in [0.3, 0.4) is 0 Å². The van der Waals surface area contributed by atoms with Gasteiger partial charge in [-0.15, -0.1) is 0 Å². The Morgan fingerprint density at radius 1 is 1.00 bits per heavy atom. The molecule has 2 aliphatic rings. The highest BCUT2D eigenvalue weighted by Gasteiger charge is 2.24. The van der Waals surface area contributed by atoms with Gasteiger partial charge in [0.15, 0.2) is 0 Å². The summed E-state index contributed by atoms with van der Waals surface area (Å²) in [5, 5.41) is 6.09. The second kappa shape index (κ2) is 9.54. The van der Waals surface area contributed by atoms with Gasteiger partial charge in [0.1, 0.15) is 0 Å². The summed E-state index contributed by atoms with van der Waals surface area (Å²) >= 11 is 0. The number of anilines is 2. The first-order chi connectivity index (χ1) is 15.0. The van der Waals surface area contributed by atoms with Crippen molar-refractivity contribution in [1.29, 1.82) is 0 Å². The minimum absolute atomic E-state index is 0.0444. The summed E-state index contributed by atoms with van der Waals surface area (Å²) in [5.41, 5.74) is 4.92. The number of hydrogen-bond acceptors (Lipinski definition) is 3. The fraction of sp³-hybridized carbons (Fsp3) is 0.462. The van der Waals surface area contributed by atoms with Gasteiger partial charge in [-0.05, 0) is 62.4 Å². The number of nitrogens with zero attached hydrogens (tertiary/aromatic N) is 1. The lowest BCUT2D eigenvalue weighted by molar-refractivity contribution is -0.120. The van der Waals surface area contributed by atoms with Crippen LogP contribution >= 0.6 is 0 Å². The van der Waals surface area contributed by atoms with E-state index in [2.05, 4.69) is 39.8 Å². The molecule has 0 unspecified atom stereocenters. The molecule has 1 saturated carbocycles. The molecule has 0 spiro atoms. The summed E-state index contributed by atoms with van der Waals surface area (Å²) in [5.74, 6) is 0.0622. The lowest BCUT2D eigenvalue weighted by atomic mass is 9.88. The van der Waals surface area contributed by atoms with E-state index in [4.69, 9.17) is 0 Å². The van der Waals surface area contributed by atoms with Crippen LogP contribution in [0.4, 0.5) is 11.4 Å². The zero-order valence-corrected chi connectivity index (χ0v) is 18.6. The summed E-state index contributed by atoms with van der Waals surface area (Å²) in [7, 11) is 0. The van der Waals surface area contributed by atoms with Crippen LogP contribution in [0.2, 0.25) is 0 Å². The highest BCUT2D eigenvalue weighted by molar-refractivity contribution is 6.02. The summed E-state index contributed by atoms with van der Waals surface area (Å²) < 4.78 is 0. The van der Waals surface area contributed by atoms with Gasteiger partial charge in [0.05, 0.1) is 5.56 Å². The number of fused-ring (bicyclic) bond motifs is 1. The van der Waals surface area contributed by atoms with Crippen molar-refractivity contribution in [3.63, 3.8) is 0 Å². The third-order valence-electron chi connectivity index (χ3n) is 6.38. The molecule has 2 N–H and O–H groups in total. The topological polar surface area (TPSA) is 61.4 Å². The Morgan fingerprint density at radius 3 is 2.48 bits per heavy atom. The molecule has 0 bridgehead atoms. The Labute approximate surface area is 185 Å². The lowest BCUT2D eigenvalue weighted by Gasteiger charge is -2.32. The first-order valence-corrected chi connectivity index (χ1v) is 11.6. The van der Waals surface area contributed by atoms with E-state index in [9.17, 15) is 9.59 Å². The average Bonchev–Trinajstić information content (AvgIpc) is 2.79. The summed E-state index contributed by atoms with van der Waals surface area (Å²) in [6, 6.07) is 14.3. The van der Waals surface area contributed by atoms with Crippen molar-refractivity contribution in [1.82, 2.24) is 5.32 Å². The number of hydrogen-bond donors (Lipinski definition) is 2. The zero-order chi connectivity index (χ0) is 21.8. The van der Waals surface area contributed by atoms with Crippen molar-refractivity contribution in [2.24, 2.45) is 5.92 Å². The molecule has 1 fully saturated rings. The van der Waals surface area contributed by atoms with Crippen molar-refractivity contribution < 1.29 is 9.59 Å². The number of carbonyl (C=O) groups is 2. The third kappa shape index (κ3) is 5.09. The second-order valence-corrected chi connectivity index (χ2v) is 9.12. The van der Waals surface area contributed by atoms with E-state index in [0.29, 0.717) is 11.3 Å². The van der Waals surface area contributed by atoms with Crippen molar-refractivity contribution in [3.8, 4) is 0 Å². The Bertz CT molecular complexity index is 947. The minimum atomic E-state index is -0.0994. The van der Waals surface area contributed by atoms with Gasteiger partial charge in [-0.25, -0.2) is 0 Å². The van der Waals surface area contributed by atoms with Crippen LogP contribution in [0.15, 0.2) is 42.5 Å². The van der Waals surface area contributed by atoms with Crippen LogP contribution in [0, 0.1) is 5.92 Å². The van der Waals surface area contributed by atoms with Gasteiger partial charge in [0.25, 0.3) is 5.91 Å². The first-order valence-electron chi connectivity index (χ1n) is 11.6. The maximum atomic E-state index is 13.1. The van der Waals surface area contributed by atoms with E-state index in [1.54, 1.807) is 0 Å². The molecule has 0 aromatic heterocycles. The quantitative estimate of drug-likeness (QED) is 0.724. The molecule has 1 aliphatic heterocycles. The number of rotatable bonds is 5. The van der Waals surface area contributed by atoms with Crippen LogP contribution < -0.4 is 15.5 Å². The number of carbonyl (C=O) groups excluding carboxylic acids is 2. The third-order valence-corrected chi connectivity index (χ3v) is 6.38. The molecule has 2 amide bonds. The molecular formula is C26H33N3O2. The molecule has 1 heterocycles. The summed E-state index contributed by atoms with van der Waals surface area (Å²) in [4.78, 5) is 28.0. The fourth-order valence-corrected chi connectivity index (χ4v) is 4.72. The average molecular weight is 420 g/mol. The lowest BCUT2D eigenvalue weighted by Crippen LogP contribution is -2.35. The molecule has 4 rings (SSSR count). The molecule has 0 radical (unpaired) electrons. The molecule has 1 aliphatic carbocycles. The Balaban J connectivity index is 1.59. The standard InChI is InChI=1S/C26H33N3O2/c1-18(2)27-26(31)23-16-22(28-25(30)20-9-4-3-5-10-20)12-13-24(23)29-15-14-19-8-6-7-11-21(19)17-29/h6-8,11-13,16,18,20H,3-5,9-10,14-15,17H2,1-2H3,(H,27,31)(H,28,30). The number of nitrogens with one attached hydrogen (secondary N) is 2. The maximum absolute atomic E-state index is 13.1. The van der Waals surface area contributed by atoms with Crippen molar-refractivity contribution >= 4 is 23.2 Å². The van der Waals surface area contributed by atoms with Gasteiger partial charge in [-0.1, -0.05) is 43.5 Å². The normalized spacial score (nSPS) is 16.7. The highest BCUT2D eigenvalue weighted by Crippen LogP contribution is 2.31. The first kappa shape index (κ1) is 21.4. The van der Waals surface area contributed by atoms with Crippen molar-refractivity contribution in [2.45, 2.75) is 65.0 Å². The molecule has 31 heavy (non-hydrogen) atoms. The summed E-state index contributed by atoms with van der Waals surface area (Å²) in [6.07, 6.45) is 6.33. The second-order valence-electron chi connectivity index (χ2n) is 9.12. The van der Waals surface area contributed by atoms with Gasteiger partial charge < -0.3 is 15.5 Å². The molecule has 2 aromatic rings. The van der Waals surface area contributed by atoms with E-state index in [1.165, 1.54) is 17.5 Å². The van der Waals surface area contributed by atoms with Gasteiger partial charge in [0.2, 0.25) is 5.91 Å². The van der Waals surface area contributed by atoms with Crippen molar-refractivity contribution in [2.75, 3.05) is 16.8 Å². The molecule has 0 atom stereocenters. The predicted octanol–water partition coefficient (Wildman–Crippen LogP) is 4.91. The van der Waals surface area contributed by atoms with Crippen molar-refractivity contribution in [3.05, 3.63) is 59.2 Å². The number of benzene rings is 2. The number of amides is 2. The van der Waals surface area contributed by atoms with Gasteiger partial charge in [-0.2, -0.15) is 0 Å². The van der Waals surface area contributed by atoms with E-state index in [0.717, 1.165) is 50.9 Å². The fourth-order valence-electron chi connectivity index (χ4n) is 4.72. The Kier molecular flexibility index (Phi) is 6.59. The monoisotopic (exact) mass is 419 g/mol. The zero-order valence-electron chi connectivity index (χ0n) is 18.6. The van der Waals surface area contributed by atoms with E-state index in [1.807, 2.05) is 32.0 Å². The molecule has 164 valence electrons. The minimum Gasteiger partial charge on any atom is -0.366 e. The van der Waals surface area contributed by atoms with Crippen LogP contribution in [0.5, 0.6) is 0 Å². The summed E-state index contributed by atoms with van der Waals surface area (Å²) in [6.45, 7) is 5.57. The van der Waals surface area contributed by atoms with Crippen LogP contribution in [0.1, 0.15) is 67.4 Å². The molecule has 5 heteroatoms. The maximum Gasteiger partial charge on any atom is 0.253 e. The molecule has 5 nitrogen and oxygen atoms in total. The van der Waals surface area contributed by atoms with Gasteiger partial charge >= 0.3 is 0 Å². The highest BCUT2D eigenvalue weighted by atomic mass is 16.2. The van der Waals surface area contributed by atoms with E-state index >= 15 is 0 Å². The largest absolute Gasteiger partial charge is 0.366 e. The molecular weight excluding hydrogens is 386 g/mol. The van der Waals surface area contributed by atoms with Gasteiger partial charge in [0, 0.05) is 36.4 Å². The Morgan fingerprint density at radius 2 is 1.74 bits per heavy atom. The van der Waals surface area contributed by atoms with Crippen LogP contribution in [-0.2, 0) is 17.8 Å². The van der Waals surface area contributed by atoms with Crippen LogP contribution in [0.25, 0.3) is 0 Å². The van der Waals surface area contributed by atoms with Gasteiger partial charge in [-0.3, -0.25) is 9.59 Å². The Hall–Kier alpha value is -2.82. The molecule has 2 aromatic carbocycles. The van der Waals surface area contributed by atoms with E-state index in [-0.39, 0.29) is 23.8 Å². The molecule has 0 saturated heterocycles. The van der Waals surface area contributed by atoms with Crippen LogP contribution in [-0.4, -0.2) is 24.4 Å². The predicted molar refractivity (Wildman–Crippen MR) is 125 cm³/mol.